The Morgan fingerprint density at radius 3 is 2.93 bits per heavy atom. The van der Waals surface area contributed by atoms with Crippen LogP contribution in [0.1, 0.15) is 31.4 Å². The average Bonchev–Trinajstić information content (AvgIpc) is 2.92. The molecule has 0 radical (unpaired) electrons. The van der Waals surface area contributed by atoms with Crippen molar-refractivity contribution in [2.45, 2.75) is 38.8 Å². The number of rotatable bonds is 3. The van der Waals surface area contributed by atoms with Crippen molar-refractivity contribution in [2.24, 2.45) is 17.8 Å². The second-order valence-corrected chi connectivity index (χ2v) is 5.15. The molecule has 1 aromatic rings. The Bertz CT molecular complexity index is 347. The van der Waals surface area contributed by atoms with Crippen molar-refractivity contribution in [3.63, 3.8) is 0 Å². The largest absolute Gasteiger partial charge is 0.390 e. The molecule has 2 aliphatic carbocycles. The molecule has 3 unspecified atom stereocenters. The zero-order valence-electron chi connectivity index (χ0n) is 8.97. The van der Waals surface area contributed by atoms with Crippen molar-refractivity contribution in [2.75, 3.05) is 0 Å². The third-order valence-electron chi connectivity index (χ3n) is 4.18. The van der Waals surface area contributed by atoms with Crippen molar-refractivity contribution in [3.05, 3.63) is 18.2 Å². The number of aliphatic hydroxyl groups is 1. The second kappa shape index (κ2) is 3.63. The van der Waals surface area contributed by atoms with Gasteiger partial charge in [-0.2, -0.15) is 0 Å². The van der Waals surface area contributed by atoms with Gasteiger partial charge in [-0.3, -0.25) is 0 Å². The zero-order chi connectivity index (χ0) is 10.3. The Kier molecular flexibility index (Phi) is 2.28. The first kappa shape index (κ1) is 9.40. The van der Waals surface area contributed by atoms with E-state index in [4.69, 9.17) is 5.11 Å². The predicted octanol–water partition coefficient (Wildman–Crippen LogP) is 1.81. The van der Waals surface area contributed by atoms with E-state index in [0.717, 1.165) is 30.0 Å². The fourth-order valence-corrected chi connectivity index (χ4v) is 3.46. The summed E-state index contributed by atoms with van der Waals surface area (Å²) in [5.74, 6) is 2.85. The van der Waals surface area contributed by atoms with Crippen molar-refractivity contribution in [3.8, 4) is 0 Å². The molecular weight excluding hydrogens is 188 g/mol. The Labute approximate surface area is 90.1 Å². The van der Waals surface area contributed by atoms with Gasteiger partial charge in [0.05, 0.1) is 18.6 Å². The summed E-state index contributed by atoms with van der Waals surface area (Å²) < 4.78 is 2.15. The first-order valence-electron chi connectivity index (χ1n) is 5.96. The Hall–Kier alpha value is -0.830. The number of nitrogens with zero attached hydrogens (tertiary/aromatic N) is 2. The quantitative estimate of drug-likeness (QED) is 0.819. The van der Waals surface area contributed by atoms with Gasteiger partial charge in [-0.15, -0.1) is 0 Å². The summed E-state index contributed by atoms with van der Waals surface area (Å²) in [6.07, 6.45) is 9.62. The summed E-state index contributed by atoms with van der Waals surface area (Å²) in [6.45, 7) is 1.16. The normalized spacial score (nSPS) is 33.8. The standard InChI is InChI=1S/C12H18N2O/c15-7-12-6-14(8-13-12)5-11-4-9-1-2-10(11)3-9/h6,8-11,15H,1-5,7H2. The predicted molar refractivity (Wildman–Crippen MR) is 57.1 cm³/mol. The molecule has 3 atom stereocenters. The number of aromatic nitrogens is 2. The molecule has 0 aliphatic heterocycles. The summed E-state index contributed by atoms with van der Waals surface area (Å²) in [5, 5.41) is 8.94. The summed E-state index contributed by atoms with van der Waals surface area (Å²) >= 11 is 0. The summed E-state index contributed by atoms with van der Waals surface area (Å²) in [5.41, 5.74) is 0.790. The van der Waals surface area contributed by atoms with E-state index in [-0.39, 0.29) is 6.61 Å². The van der Waals surface area contributed by atoms with Crippen LogP contribution in [-0.2, 0) is 13.2 Å². The van der Waals surface area contributed by atoms with Gasteiger partial charge in [-0.1, -0.05) is 6.42 Å². The Balaban J connectivity index is 1.65. The maximum atomic E-state index is 8.94. The van der Waals surface area contributed by atoms with Gasteiger partial charge >= 0.3 is 0 Å². The number of imidazole rings is 1. The van der Waals surface area contributed by atoms with Crippen LogP contribution in [0.2, 0.25) is 0 Å². The first-order valence-corrected chi connectivity index (χ1v) is 5.96. The van der Waals surface area contributed by atoms with E-state index in [0.29, 0.717) is 0 Å². The van der Waals surface area contributed by atoms with Crippen LogP contribution >= 0.6 is 0 Å². The highest BCUT2D eigenvalue weighted by Crippen LogP contribution is 2.48. The third-order valence-corrected chi connectivity index (χ3v) is 4.18. The fourth-order valence-electron chi connectivity index (χ4n) is 3.46. The lowest BCUT2D eigenvalue weighted by Crippen LogP contribution is -2.16. The van der Waals surface area contributed by atoms with Crippen LogP contribution in [0.15, 0.2) is 12.5 Å². The lowest BCUT2D eigenvalue weighted by atomic mass is 9.89. The molecule has 3 heteroatoms. The van der Waals surface area contributed by atoms with Crippen molar-refractivity contribution < 1.29 is 5.11 Å². The molecule has 1 N–H and O–H groups in total. The highest BCUT2D eigenvalue weighted by atomic mass is 16.3. The van der Waals surface area contributed by atoms with Crippen molar-refractivity contribution in [1.29, 1.82) is 0 Å². The molecule has 1 heterocycles. The van der Waals surface area contributed by atoms with Gasteiger partial charge in [0.25, 0.3) is 0 Å². The van der Waals surface area contributed by atoms with Crippen LogP contribution in [-0.4, -0.2) is 14.7 Å². The van der Waals surface area contributed by atoms with E-state index in [9.17, 15) is 0 Å². The van der Waals surface area contributed by atoms with Gasteiger partial charge in [-0.25, -0.2) is 4.98 Å². The number of hydrogen-bond acceptors (Lipinski definition) is 2. The summed E-state index contributed by atoms with van der Waals surface area (Å²) in [6, 6.07) is 0. The van der Waals surface area contributed by atoms with Gasteiger partial charge in [0.1, 0.15) is 0 Å². The van der Waals surface area contributed by atoms with Crippen molar-refractivity contribution >= 4 is 0 Å². The minimum Gasteiger partial charge on any atom is -0.390 e. The Morgan fingerprint density at radius 1 is 1.40 bits per heavy atom. The topological polar surface area (TPSA) is 38.0 Å². The summed E-state index contributed by atoms with van der Waals surface area (Å²) in [7, 11) is 0. The molecule has 0 amide bonds. The maximum Gasteiger partial charge on any atom is 0.0950 e. The van der Waals surface area contributed by atoms with Gasteiger partial charge < -0.3 is 9.67 Å². The SMILES string of the molecule is OCc1cn(CC2CC3CCC2C3)cn1. The molecule has 82 valence electrons. The van der Waals surface area contributed by atoms with Gasteiger partial charge in [0, 0.05) is 12.7 Å². The smallest absolute Gasteiger partial charge is 0.0950 e. The highest BCUT2D eigenvalue weighted by Gasteiger charge is 2.39. The van der Waals surface area contributed by atoms with Crippen LogP contribution in [0.4, 0.5) is 0 Å². The molecule has 3 rings (SSSR count). The van der Waals surface area contributed by atoms with Crippen LogP contribution in [0.25, 0.3) is 0 Å². The minimum absolute atomic E-state index is 0.0592. The maximum absolute atomic E-state index is 8.94. The average molecular weight is 206 g/mol. The number of hydrogen-bond donors (Lipinski definition) is 1. The first-order chi connectivity index (χ1) is 7.35. The lowest BCUT2D eigenvalue weighted by molar-refractivity contribution is 0.276. The van der Waals surface area contributed by atoms with Gasteiger partial charge in [0.15, 0.2) is 0 Å². The molecule has 1 aromatic heterocycles. The molecule has 0 saturated heterocycles. The monoisotopic (exact) mass is 206 g/mol. The molecule has 2 aliphatic rings. The van der Waals surface area contributed by atoms with E-state index < -0.39 is 0 Å². The molecule has 15 heavy (non-hydrogen) atoms. The van der Waals surface area contributed by atoms with E-state index in [1.54, 1.807) is 0 Å². The van der Waals surface area contributed by atoms with E-state index in [1.165, 1.54) is 25.7 Å². The number of aliphatic hydroxyl groups excluding tert-OH is 1. The van der Waals surface area contributed by atoms with Gasteiger partial charge in [-0.05, 0) is 37.0 Å². The number of fused-ring (bicyclic) bond motifs is 2. The van der Waals surface area contributed by atoms with E-state index in [2.05, 4.69) is 9.55 Å². The minimum atomic E-state index is 0.0592. The van der Waals surface area contributed by atoms with E-state index in [1.807, 2.05) is 12.5 Å². The van der Waals surface area contributed by atoms with Crippen LogP contribution in [0.5, 0.6) is 0 Å². The van der Waals surface area contributed by atoms with Gasteiger partial charge in [0.2, 0.25) is 0 Å². The molecule has 0 spiro atoms. The molecule has 2 bridgehead atoms. The fraction of sp³-hybridized carbons (Fsp3) is 0.750. The van der Waals surface area contributed by atoms with Crippen LogP contribution in [0, 0.1) is 17.8 Å². The lowest BCUT2D eigenvalue weighted by Gasteiger charge is -2.21. The Morgan fingerprint density at radius 2 is 2.33 bits per heavy atom. The molecular formula is C12H18N2O. The highest BCUT2D eigenvalue weighted by molar-refractivity contribution is 4.96. The summed E-state index contributed by atoms with van der Waals surface area (Å²) in [4.78, 5) is 4.15. The van der Waals surface area contributed by atoms with Crippen molar-refractivity contribution in [1.82, 2.24) is 9.55 Å². The third kappa shape index (κ3) is 1.69. The van der Waals surface area contributed by atoms with Crippen LogP contribution in [0.3, 0.4) is 0 Å². The molecule has 3 nitrogen and oxygen atoms in total. The molecule has 2 saturated carbocycles. The molecule has 0 aromatic carbocycles. The van der Waals surface area contributed by atoms with E-state index >= 15 is 0 Å². The van der Waals surface area contributed by atoms with Crippen LogP contribution < -0.4 is 0 Å². The molecule has 2 fully saturated rings. The second-order valence-electron chi connectivity index (χ2n) is 5.15. The zero-order valence-corrected chi connectivity index (χ0v) is 8.97.